The molecule has 11 heteroatoms. The quantitative estimate of drug-likeness (QED) is 0.170. The molecule has 0 aromatic heterocycles. The number of aldehydes is 1. The fourth-order valence-electron chi connectivity index (χ4n) is 2.88. The lowest BCUT2D eigenvalue weighted by atomic mass is 9.73. The summed E-state index contributed by atoms with van der Waals surface area (Å²) in [4.78, 5) is 36.0. The molecule has 9 N–H and O–H groups in total. The Kier molecular flexibility index (Phi) is 7.50. The fraction of sp³-hybridized carbons (Fsp3) is 0.667. The SMILES string of the molecule is CC1CCC2(C(=O)O)C(=NN2C(N)=O)C1.NC(N)=NCCC[C@H](N)C=O. The molecule has 0 aromatic rings. The highest BCUT2D eigenvalue weighted by Crippen LogP contribution is 2.41. The zero-order chi connectivity index (χ0) is 19.9. The maximum absolute atomic E-state index is 11.2. The molecule has 0 bridgehead atoms. The van der Waals surface area contributed by atoms with Crippen molar-refractivity contribution in [2.24, 2.45) is 38.9 Å². The molecule has 26 heavy (non-hydrogen) atoms. The maximum Gasteiger partial charge on any atom is 0.337 e. The van der Waals surface area contributed by atoms with Crippen LogP contribution >= 0.6 is 0 Å². The second-order valence-corrected chi connectivity index (χ2v) is 6.46. The summed E-state index contributed by atoms with van der Waals surface area (Å²) >= 11 is 0. The number of guanidine groups is 1. The minimum absolute atomic E-state index is 0.0738. The van der Waals surface area contributed by atoms with E-state index >= 15 is 0 Å². The van der Waals surface area contributed by atoms with Gasteiger partial charge in [0.15, 0.2) is 5.96 Å². The Bertz CT molecular complexity index is 603. The third-order valence-corrected chi connectivity index (χ3v) is 4.33. The second kappa shape index (κ2) is 9.13. The van der Waals surface area contributed by atoms with Crippen molar-refractivity contribution in [2.75, 3.05) is 6.54 Å². The van der Waals surface area contributed by atoms with E-state index in [-0.39, 0.29) is 12.0 Å². The summed E-state index contributed by atoms with van der Waals surface area (Å²) in [5.41, 5.74) is 19.9. The van der Waals surface area contributed by atoms with E-state index in [1.54, 1.807) is 0 Å². The zero-order valence-corrected chi connectivity index (χ0v) is 14.8. The molecule has 1 heterocycles. The molecule has 1 aliphatic carbocycles. The number of fused-ring (bicyclic) bond motifs is 1. The standard InChI is InChI=1S/C9H13N3O3.C6H14N4O/c1-5-2-3-9(7(13)14)6(4-5)11-12(9)8(10)15;7-5(4-11)2-1-3-10-6(8)9/h5H,2-4H2,1H3,(H2,10,15)(H,13,14);4-5H,1-3,7H2,(H4,8,9,10)/t;5-/m.0/s1. The highest BCUT2D eigenvalue weighted by molar-refractivity contribution is 6.16. The summed E-state index contributed by atoms with van der Waals surface area (Å²) < 4.78 is 0. The van der Waals surface area contributed by atoms with E-state index < -0.39 is 17.5 Å². The Hall–Kier alpha value is -2.69. The number of hydrogen-bond donors (Lipinski definition) is 5. The van der Waals surface area contributed by atoms with Gasteiger partial charge in [0.2, 0.25) is 5.54 Å². The van der Waals surface area contributed by atoms with Crippen LogP contribution in [0.2, 0.25) is 0 Å². The Morgan fingerprint density at radius 2 is 2.12 bits per heavy atom. The molecule has 11 nitrogen and oxygen atoms in total. The summed E-state index contributed by atoms with van der Waals surface area (Å²) in [6, 6.07) is -1.18. The Morgan fingerprint density at radius 3 is 2.58 bits per heavy atom. The number of carbonyl (C=O) groups is 3. The number of primary amides is 1. The Labute approximate surface area is 151 Å². The third kappa shape index (κ3) is 4.91. The Balaban J connectivity index is 0.000000276. The summed E-state index contributed by atoms with van der Waals surface area (Å²) in [6.45, 7) is 2.57. The summed E-state index contributed by atoms with van der Waals surface area (Å²) in [6.07, 6.45) is 3.89. The van der Waals surface area contributed by atoms with Gasteiger partial charge in [-0.3, -0.25) is 4.99 Å². The molecule has 2 aliphatic rings. The second-order valence-electron chi connectivity index (χ2n) is 6.46. The molecular formula is C15H27N7O4. The van der Waals surface area contributed by atoms with Crippen LogP contribution in [-0.4, -0.2) is 58.2 Å². The highest BCUT2D eigenvalue weighted by Gasteiger charge is 2.59. The summed E-state index contributed by atoms with van der Waals surface area (Å²) in [7, 11) is 0. The van der Waals surface area contributed by atoms with Crippen LogP contribution in [0.4, 0.5) is 4.79 Å². The zero-order valence-electron chi connectivity index (χ0n) is 14.8. The first-order valence-corrected chi connectivity index (χ1v) is 8.32. The fourth-order valence-corrected chi connectivity index (χ4v) is 2.88. The number of hydrogen-bond acceptors (Lipinski definition) is 6. The van der Waals surface area contributed by atoms with Crippen LogP contribution in [0.5, 0.6) is 0 Å². The number of urea groups is 1. The van der Waals surface area contributed by atoms with Gasteiger partial charge in [0.25, 0.3) is 0 Å². The van der Waals surface area contributed by atoms with E-state index in [0.717, 1.165) is 24.1 Å². The average molecular weight is 369 g/mol. The van der Waals surface area contributed by atoms with Crippen LogP contribution in [0.3, 0.4) is 0 Å². The van der Waals surface area contributed by atoms with Gasteiger partial charge in [-0.05, 0) is 38.0 Å². The normalized spacial score (nSPS) is 24.6. The van der Waals surface area contributed by atoms with Gasteiger partial charge in [0.05, 0.1) is 11.8 Å². The number of rotatable bonds is 6. The Morgan fingerprint density at radius 1 is 1.46 bits per heavy atom. The van der Waals surface area contributed by atoms with Crippen LogP contribution in [0, 0.1) is 5.92 Å². The monoisotopic (exact) mass is 369 g/mol. The number of carbonyl (C=O) groups excluding carboxylic acids is 2. The van der Waals surface area contributed by atoms with Gasteiger partial charge in [-0.2, -0.15) is 10.1 Å². The van der Waals surface area contributed by atoms with E-state index in [9.17, 15) is 19.5 Å². The molecule has 1 fully saturated rings. The molecular weight excluding hydrogens is 342 g/mol. The molecule has 1 aliphatic heterocycles. The number of aliphatic carboxylic acids is 1. The van der Waals surface area contributed by atoms with Crippen LogP contribution < -0.4 is 22.9 Å². The summed E-state index contributed by atoms with van der Waals surface area (Å²) in [5, 5.41) is 14.0. The first-order chi connectivity index (χ1) is 12.1. The molecule has 2 rings (SSSR count). The lowest BCUT2D eigenvalue weighted by Gasteiger charge is -2.48. The van der Waals surface area contributed by atoms with Gasteiger partial charge in [-0.1, -0.05) is 6.92 Å². The molecule has 146 valence electrons. The van der Waals surface area contributed by atoms with Crippen molar-refractivity contribution in [3.8, 4) is 0 Å². The molecule has 2 unspecified atom stereocenters. The number of nitrogens with zero attached hydrogens (tertiary/aromatic N) is 3. The molecule has 0 aromatic carbocycles. The van der Waals surface area contributed by atoms with Gasteiger partial charge >= 0.3 is 12.0 Å². The lowest BCUT2D eigenvalue weighted by molar-refractivity contribution is -0.148. The molecule has 3 atom stereocenters. The van der Waals surface area contributed by atoms with Crippen LogP contribution in [0.1, 0.15) is 39.0 Å². The van der Waals surface area contributed by atoms with Gasteiger partial charge in [-0.15, -0.1) is 0 Å². The third-order valence-electron chi connectivity index (χ3n) is 4.33. The van der Waals surface area contributed by atoms with E-state index in [1.165, 1.54) is 0 Å². The predicted octanol–water partition coefficient (Wildman–Crippen LogP) is -1.05. The topological polar surface area (TPSA) is 203 Å². The molecule has 1 saturated carbocycles. The van der Waals surface area contributed by atoms with Crippen molar-refractivity contribution < 1.29 is 19.5 Å². The van der Waals surface area contributed by atoms with Crippen LogP contribution in [0.15, 0.2) is 10.1 Å². The number of amides is 2. The molecule has 2 amide bonds. The average Bonchev–Trinajstić information content (AvgIpc) is 2.54. The van der Waals surface area contributed by atoms with E-state index in [2.05, 4.69) is 10.1 Å². The van der Waals surface area contributed by atoms with Gasteiger partial charge in [0.1, 0.15) is 6.29 Å². The number of aliphatic imine (C=N–C) groups is 1. The highest BCUT2D eigenvalue weighted by atomic mass is 16.4. The number of carboxylic acids is 1. The first kappa shape index (κ1) is 21.4. The number of nitrogens with two attached hydrogens (primary N) is 4. The maximum atomic E-state index is 11.2. The predicted molar refractivity (Wildman–Crippen MR) is 96.2 cm³/mol. The van der Waals surface area contributed by atoms with Crippen molar-refractivity contribution >= 4 is 30.0 Å². The van der Waals surface area contributed by atoms with Crippen LogP contribution in [-0.2, 0) is 9.59 Å². The largest absolute Gasteiger partial charge is 0.479 e. The van der Waals surface area contributed by atoms with Gasteiger partial charge < -0.3 is 32.8 Å². The smallest absolute Gasteiger partial charge is 0.337 e. The minimum Gasteiger partial charge on any atom is -0.479 e. The van der Waals surface area contributed by atoms with Crippen molar-refractivity contribution in [1.29, 1.82) is 0 Å². The summed E-state index contributed by atoms with van der Waals surface area (Å²) in [5.74, 6) is -0.533. The number of carboxylic acid groups (broad SMARTS) is 1. The molecule has 0 saturated heterocycles. The lowest BCUT2D eigenvalue weighted by Crippen LogP contribution is -2.69. The van der Waals surface area contributed by atoms with E-state index in [0.29, 0.717) is 37.4 Å². The van der Waals surface area contributed by atoms with Crippen molar-refractivity contribution in [2.45, 2.75) is 50.6 Å². The molecule has 0 radical (unpaired) electrons. The van der Waals surface area contributed by atoms with Gasteiger partial charge in [0, 0.05) is 6.54 Å². The van der Waals surface area contributed by atoms with Crippen molar-refractivity contribution in [3.05, 3.63) is 0 Å². The van der Waals surface area contributed by atoms with Crippen LogP contribution in [0.25, 0.3) is 0 Å². The minimum atomic E-state index is -1.24. The molecule has 0 spiro atoms. The van der Waals surface area contributed by atoms with E-state index in [4.69, 9.17) is 22.9 Å². The number of hydrazone groups is 1. The van der Waals surface area contributed by atoms with Crippen molar-refractivity contribution in [3.63, 3.8) is 0 Å². The van der Waals surface area contributed by atoms with E-state index in [1.807, 2.05) is 6.92 Å². The first-order valence-electron chi connectivity index (χ1n) is 8.32. The van der Waals surface area contributed by atoms with Gasteiger partial charge in [-0.25, -0.2) is 9.59 Å². The van der Waals surface area contributed by atoms with Crippen molar-refractivity contribution in [1.82, 2.24) is 5.01 Å².